The van der Waals surface area contributed by atoms with Gasteiger partial charge in [0, 0.05) is 6.54 Å². The van der Waals surface area contributed by atoms with E-state index in [1.54, 1.807) is 47.0 Å². The summed E-state index contributed by atoms with van der Waals surface area (Å²) in [6.07, 6.45) is 1.65. The van der Waals surface area contributed by atoms with Crippen LogP contribution in [-0.2, 0) is 11.3 Å². The van der Waals surface area contributed by atoms with Gasteiger partial charge in [0.05, 0.1) is 27.0 Å². The molecule has 1 amide bonds. The standard InChI is InChI=1S/C19H15Cl2FN4OS/c1-2-10-26-18(12-6-3-4-9-15(12)22)24-25-19(26)28-11-16(27)23-17-13(20)7-5-8-14(17)21/h2-9H,1,10-11H2,(H,23,27). The molecule has 144 valence electrons. The van der Waals surface area contributed by atoms with Crippen molar-refractivity contribution in [1.29, 1.82) is 0 Å². The second-order valence-corrected chi connectivity index (χ2v) is 7.38. The Hall–Kier alpha value is -2.35. The van der Waals surface area contributed by atoms with Crippen LogP contribution in [0.1, 0.15) is 0 Å². The summed E-state index contributed by atoms with van der Waals surface area (Å²) in [5, 5.41) is 12.0. The largest absolute Gasteiger partial charge is 0.323 e. The number of allylic oxidation sites excluding steroid dienone is 1. The van der Waals surface area contributed by atoms with Gasteiger partial charge in [-0.3, -0.25) is 9.36 Å². The maximum absolute atomic E-state index is 14.1. The number of thioether (sulfide) groups is 1. The van der Waals surface area contributed by atoms with E-state index in [9.17, 15) is 9.18 Å². The Morgan fingerprint density at radius 2 is 1.89 bits per heavy atom. The Morgan fingerprint density at radius 3 is 2.57 bits per heavy atom. The molecule has 2 aromatic carbocycles. The highest BCUT2D eigenvalue weighted by Gasteiger charge is 2.18. The van der Waals surface area contributed by atoms with Crippen molar-refractivity contribution in [1.82, 2.24) is 14.8 Å². The molecule has 3 aromatic rings. The average molecular weight is 437 g/mol. The van der Waals surface area contributed by atoms with E-state index >= 15 is 0 Å². The number of nitrogens with zero attached hydrogens (tertiary/aromatic N) is 3. The van der Waals surface area contributed by atoms with Crippen LogP contribution < -0.4 is 5.32 Å². The quantitative estimate of drug-likeness (QED) is 0.402. The van der Waals surface area contributed by atoms with Crippen molar-refractivity contribution in [2.75, 3.05) is 11.1 Å². The van der Waals surface area contributed by atoms with Crippen molar-refractivity contribution in [2.24, 2.45) is 0 Å². The molecule has 0 aliphatic rings. The fourth-order valence-electron chi connectivity index (χ4n) is 2.45. The average Bonchev–Trinajstić information content (AvgIpc) is 3.06. The van der Waals surface area contributed by atoms with Gasteiger partial charge >= 0.3 is 0 Å². The van der Waals surface area contributed by atoms with Gasteiger partial charge in [-0.1, -0.05) is 59.2 Å². The van der Waals surface area contributed by atoms with Crippen LogP contribution in [0.2, 0.25) is 10.0 Å². The molecule has 0 aliphatic heterocycles. The molecule has 28 heavy (non-hydrogen) atoms. The fraction of sp³-hybridized carbons (Fsp3) is 0.105. The van der Waals surface area contributed by atoms with Crippen LogP contribution in [0.3, 0.4) is 0 Å². The molecule has 0 aliphatic carbocycles. The normalized spacial score (nSPS) is 10.7. The van der Waals surface area contributed by atoms with Gasteiger partial charge in [-0.05, 0) is 24.3 Å². The van der Waals surface area contributed by atoms with E-state index in [4.69, 9.17) is 23.2 Å². The lowest BCUT2D eigenvalue weighted by atomic mass is 10.2. The van der Waals surface area contributed by atoms with Crippen LogP contribution in [0.15, 0.2) is 60.3 Å². The molecule has 0 unspecified atom stereocenters. The molecule has 0 bridgehead atoms. The number of para-hydroxylation sites is 1. The monoisotopic (exact) mass is 436 g/mol. The summed E-state index contributed by atoms with van der Waals surface area (Å²) in [6, 6.07) is 11.3. The van der Waals surface area contributed by atoms with Crippen molar-refractivity contribution >= 4 is 46.6 Å². The van der Waals surface area contributed by atoms with E-state index in [1.807, 2.05) is 0 Å². The molecule has 5 nitrogen and oxygen atoms in total. The van der Waals surface area contributed by atoms with Crippen LogP contribution in [0.4, 0.5) is 10.1 Å². The molecule has 1 N–H and O–H groups in total. The predicted octanol–water partition coefficient (Wildman–Crippen LogP) is 5.31. The molecule has 0 atom stereocenters. The number of hydrogen-bond donors (Lipinski definition) is 1. The van der Waals surface area contributed by atoms with Crippen LogP contribution in [0.5, 0.6) is 0 Å². The van der Waals surface area contributed by atoms with Crippen LogP contribution in [0.25, 0.3) is 11.4 Å². The SMILES string of the molecule is C=CCn1c(SCC(=O)Nc2c(Cl)cccc2Cl)nnc1-c1ccccc1F. The summed E-state index contributed by atoms with van der Waals surface area (Å²) >= 11 is 13.3. The molecular weight excluding hydrogens is 422 g/mol. The van der Waals surface area contributed by atoms with Gasteiger partial charge in [-0.2, -0.15) is 0 Å². The van der Waals surface area contributed by atoms with E-state index in [1.165, 1.54) is 17.8 Å². The summed E-state index contributed by atoms with van der Waals surface area (Å²) in [5.41, 5.74) is 0.687. The number of rotatable bonds is 7. The van der Waals surface area contributed by atoms with Crippen molar-refractivity contribution < 1.29 is 9.18 Å². The molecule has 0 saturated heterocycles. The molecule has 1 heterocycles. The minimum absolute atomic E-state index is 0.0497. The first-order valence-corrected chi connectivity index (χ1v) is 9.91. The zero-order valence-corrected chi connectivity index (χ0v) is 16.9. The minimum Gasteiger partial charge on any atom is -0.323 e. The fourth-order valence-corrected chi connectivity index (χ4v) is 3.69. The van der Waals surface area contributed by atoms with E-state index in [2.05, 4.69) is 22.1 Å². The number of nitrogens with one attached hydrogen (secondary N) is 1. The summed E-state index contributed by atoms with van der Waals surface area (Å²) in [6.45, 7) is 4.09. The van der Waals surface area contributed by atoms with Crippen molar-refractivity contribution in [2.45, 2.75) is 11.7 Å². The lowest BCUT2D eigenvalue weighted by Crippen LogP contribution is -2.15. The van der Waals surface area contributed by atoms with E-state index in [0.717, 1.165) is 0 Å². The molecule has 0 spiro atoms. The van der Waals surface area contributed by atoms with Gasteiger partial charge in [-0.25, -0.2) is 4.39 Å². The molecular formula is C19H15Cl2FN4OS. The van der Waals surface area contributed by atoms with Crippen LogP contribution >= 0.6 is 35.0 Å². The lowest BCUT2D eigenvalue weighted by molar-refractivity contribution is -0.113. The topological polar surface area (TPSA) is 59.8 Å². The van der Waals surface area contributed by atoms with Crippen molar-refractivity contribution in [3.05, 3.63) is 71.0 Å². The predicted molar refractivity (Wildman–Crippen MR) is 111 cm³/mol. The van der Waals surface area contributed by atoms with Crippen molar-refractivity contribution in [3.8, 4) is 11.4 Å². The smallest absolute Gasteiger partial charge is 0.234 e. The Labute approximate surface area is 175 Å². The zero-order valence-electron chi connectivity index (χ0n) is 14.5. The zero-order chi connectivity index (χ0) is 20.1. The first-order valence-electron chi connectivity index (χ1n) is 8.17. The molecule has 9 heteroatoms. The van der Waals surface area contributed by atoms with E-state index in [-0.39, 0.29) is 11.7 Å². The number of halogens is 3. The summed E-state index contributed by atoms with van der Waals surface area (Å²) in [5.74, 6) is -0.285. The van der Waals surface area contributed by atoms with Gasteiger partial charge in [0.25, 0.3) is 0 Å². The number of carbonyl (C=O) groups is 1. The van der Waals surface area contributed by atoms with Gasteiger partial charge in [0.15, 0.2) is 11.0 Å². The van der Waals surface area contributed by atoms with Gasteiger partial charge < -0.3 is 5.32 Å². The van der Waals surface area contributed by atoms with Crippen molar-refractivity contribution in [3.63, 3.8) is 0 Å². The Morgan fingerprint density at radius 1 is 1.18 bits per heavy atom. The lowest BCUT2D eigenvalue weighted by Gasteiger charge is -2.10. The van der Waals surface area contributed by atoms with Gasteiger partial charge in [0.1, 0.15) is 5.82 Å². The highest BCUT2D eigenvalue weighted by atomic mass is 35.5. The third-order valence-corrected chi connectivity index (χ3v) is 5.30. The molecule has 1 aromatic heterocycles. The number of hydrogen-bond acceptors (Lipinski definition) is 4. The number of carbonyl (C=O) groups excluding carboxylic acids is 1. The summed E-state index contributed by atoms with van der Waals surface area (Å²) < 4.78 is 15.8. The highest BCUT2D eigenvalue weighted by molar-refractivity contribution is 7.99. The number of benzene rings is 2. The summed E-state index contributed by atoms with van der Waals surface area (Å²) in [7, 11) is 0. The number of amides is 1. The Bertz CT molecular complexity index is 1000. The number of aromatic nitrogens is 3. The Kier molecular flexibility index (Phi) is 6.72. The maximum atomic E-state index is 14.1. The van der Waals surface area contributed by atoms with Gasteiger partial charge in [-0.15, -0.1) is 16.8 Å². The highest BCUT2D eigenvalue weighted by Crippen LogP contribution is 2.30. The first-order chi connectivity index (χ1) is 13.5. The molecule has 0 saturated carbocycles. The van der Waals surface area contributed by atoms with Crippen LogP contribution in [-0.4, -0.2) is 26.4 Å². The van der Waals surface area contributed by atoms with E-state index < -0.39 is 5.82 Å². The minimum atomic E-state index is -0.400. The van der Waals surface area contributed by atoms with Crippen LogP contribution in [0, 0.1) is 5.82 Å². The second-order valence-electron chi connectivity index (χ2n) is 5.62. The molecule has 0 radical (unpaired) electrons. The van der Waals surface area contributed by atoms with Gasteiger partial charge in [0.2, 0.25) is 5.91 Å². The third kappa shape index (κ3) is 4.55. The third-order valence-electron chi connectivity index (χ3n) is 3.70. The maximum Gasteiger partial charge on any atom is 0.234 e. The molecule has 0 fully saturated rings. The van der Waals surface area contributed by atoms with E-state index in [0.29, 0.717) is 38.8 Å². The Balaban J connectivity index is 1.77. The molecule has 3 rings (SSSR count). The summed E-state index contributed by atoms with van der Waals surface area (Å²) in [4.78, 5) is 12.3. The second kappa shape index (κ2) is 9.23. The number of anilines is 1. The first kappa shape index (κ1) is 20.4.